The van der Waals surface area contributed by atoms with E-state index in [9.17, 15) is 9.90 Å². The van der Waals surface area contributed by atoms with E-state index in [2.05, 4.69) is 10.3 Å². The Balaban J connectivity index is 2.25. The topological polar surface area (TPSA) is 62.2 Å². The molecule has 2 N–H and O–H groups in total. The van der Waals surface area contributed by atoms with Gasteiger partial charge in [-0.25, -0.2) is 4.98 Å². The standard InChI is InChI=1S/C11H12N2O2S/c1-11(2,15)9(14)13-10-12-7-5-3-4-6-8(7)16-10/h3-6,15H,1-2H3,(H,12,13,14). The zero-order chi connectivity index (χ0) is 11.8. The third-order valence-electron chi connectivity index (χ3n) is 2.07. The van der Waals surface area contributed by atoms with Crippen LogP contribution in [0.15, 0.2) is 24.3 Å². The normalized spacial score (nSPS) is 11.7. The summed E-state index contributed by atoms with van der Waals surface area (Å²) in [5.74, 6) is -0.452. The van der Waals surface area contributed by atoms with Gasteiger partial charge in [0.1, 0.15) is 5.60 Å². The molecule has 0 aliphatic heterocycles. The van der Waals surface area contributed by atoms with Crippen molar-refractivity contribution in [3.8, 4) is 0 Å². The fourth-order valence-corrected chi connectivity index (χ4v) is 2.04. The van der Waals surface area contributed by atoms with Crippen LogP contribution in [0, 0.1) is 0 Å². The van der Waals surface area contributed by atoms with Gasteiger partial charge in [-0.1, -0.05) is 23.5 Å². The molecule has 2 rings (SSSR count). The second-order valence-corrected chi connectivity index (χ2v) is 5.03. The van der Waals surface area contributed by atoms with Crippen molar-refractivity contribution < 1.29 is 9.90 Å². The number of aliphatic hydroxyl groups is 1. The summed E-state index contributed by atoms with van der Waals surface area (Å²) >= 11 is 1.39. The van der Waals surface area contributed by atoms with Crippen LogP contribution in [0.4, 0.5) is 5.13 Å². The summed E-state index contributed by atoms with van der Waals surface area (Å²) in [6.45, 7) is 2.88. The van der Waals surface area contributed by atoms with Crippen molar-refractivity contribution in [2.75, 3.05) is 5.32 Å². The monoisotopic (exact) mass is 236 g/mol. The molecule has 5 heteroatoms. The molecular weight excluding hydrogens is 224 g/mol. The number of thiazole rings is 1. The second kappa shape index (κ2) is 3.84. The number of fused-ring (bicyclic) bond motifs is 1. The molecule has 0 fully saturated rings. The molecule has 84 valence electrons. The first-order valence-electron chi connectivity index (χ1n) is 4.86. The van der Waals surface area contributed by atoms with Crippen LogP contribution in [-0.4, -0.2) is 21.6 Å². The van der Waals surface area contributed by atoms with E-state index in [1.54, 1.807) is 0 Å². The van der Waals surface area contributed by atoms with Gasteiger partial charge in [-0.3, -0.25) is 10.1 Å². The van der Waals surface area contributed by atoms with Crippen LogP contribution >= 0.6 is 11.3 Å². The van der Waals surface area contributed by atoms with Crippen molar-refractivity contribution in [1.82, 2.24) is 4.98 Å². The first-order valence-corrected chi connectivity index (χ1v) is 5.68. The molecule has 0 saturated heterocycles. The molecule has 1 heterocycles. The Kier molecular flexibility index (Phi) is 2.65. The van der Waals surface area contributed by atoms with E-state index in [-0.39, 0.29) is 0 Å². The number of anilines is 1. The molecule has 4 nitrogen and oxygen atoms in total. The molecule has 0 saturated carbocycles. The van der Waals surface area contributed by atoms with Gasteiger partial charge in [-0.2, -0.15) is 0 Å². The molecule has 0 unspecified atom stereocenters. The van der Waals surface area contributed by atoms with Crippen LogP contribution in [0.25, 0.3) is 10.2 Å². The predicted molar refractivity (Wildman–Crippen MR) is 64.5 cm³/mol. The minimum Gasteiger partial charge on any atom is -0.381 e. The van der Waals surface area contributed by atoms with Gasteiger partial charge in [-0.05, 0) is 26.0 Å². The highest BCUT2D eigenvalue weighted by Crippen LogP contribution is 2.25. The fourth-order valence-electron chi connectivity index (χ4n) is 1.18. The molecule has 0 atom stereocenters. The molecule has 0 radical (unpaired) electrons. The largest absolute Gasteiger partial charge is 0.381 e. The minimum absolute atomic E-state index is 0.452. The van der Waals surface area contributed by atoms with Crippen molar-refractivity contribution in [2.45, 2.75) is 19.4 Å². The fraction of sp³-hybridized carbons (Fsp3) is 0.273. The lowest BCUT2D eigenvalue weighted by atomic mass is 10.1. The van der Waals surface area contributed by atoms with Gasteiger partial charge >= 0.3 is 0 Å². The van der Waals surface area contributed by atoms with E-state index >= 15 is 0 Å². The van der Waals surface area contributed by atoms with Gasteiger partial charge in [0.05, 0.1) is 10.2 Å². The van der Waals surface area contributed by atoms with Crippen LogP contribution in [0.1, 0.15) is 13.8 Å². The van der Waals surface area contributed by atoms with E-state index in [0.717, 1.165) is 10.2 Å². The molecule has 0 aliphatic rings. The van der Waals surface area contributed by atoms with Crippen molar-refractivity contribution in [3.05, 3.63) is 24.3 Å². The number of carbonyl (C=O) groups is 1. The third kappa shape index (κ3) is 2.20. The molecule has 0 aliphatic carbocycles. The Morgan fingerprint density at radius 2 is 2.12 bits per heavy atom. The summed E-state index contributed by atoms with van der Waals surface area (Å²) in [5.41, 5.74) is -0.545. The van der Waals surface area contributed by atoms with E-state index in [1.165, 1.54) is 25.2 Å². The number of nitrogens with one attached hydrogen (secondary N) is 1. The number of hydrogen-bond acceptors (Lipinski definition) is 4. The highest BCUT2D eigenvalue weighted by Gasteiger charge is 2.24. The van der Waals surface area contributed by atoms with Crippen LogP contribution < -0.4 is 5.32 Å². The summed E-state index contributed by atoms with van der Waals surface area (Å²) < 4.78 is 1.01. The maximum absolute atomic E-state index is 11.5. The Hall–Kier alpha value is -1.46. The molecule has 16 heavy (non-hydrogen) atoms. The molecule has 1 aromatic carbocycles. The van der Waals surface area contributed by atoms with Crippen molar-refractivity contribution in [1.29, 1.82) is 0 Å². The van der Waals surface area contributed by atoms with Crippen LogP contribution in [0.3, 0.4) is 0 Å². The Morgan fingerprint density at radius 3 is 2.75 bits per heavy atom. The molecule has 2 aromatic rings. The number of rotatable bonds is 2. The number of nitrogens with zero attached hydrogens (tertiary/aromatic N) is 1. The molecule has 1 amide bonds. The molecule has 0 bridgehead atoms. The highest BCUT2D eigenvalue weighted by molar-refractivity contribution is 7.22. The number of carbonyl (C=O) groups excluding carboxylic acids is 1. The number of benzene rings is 1. The van der Waals surface area contributed by atoms with Crippen molar-refractivity contribution in [3.63, 3.8) is 0 Å². The Morgan fingerprint density at radius 1 is 1.44 bits per heavy atom. The van der Waals surface area contributed by atoms with Crippen LogP contribution in [-0.2, 0) is 4.79 Å². The Bertz CT molecular complexity index is 495. The number of hydrogen-bond donors (Lipinski definition) is 2. The van der Waals surface area contributed by atoms with Crippen LogP contribution in [0.2, 0.25) is 0 Å². The maximum Gasteiger partial charge on any atom is 0.257 e. The first-order chi connectivity index (χ1) is 7.47. The van der Waals surface area contributed by atoms with Crippen molar-refractivity contribution >= 4 is 32.6 Å². The summed E-state index contributed by atoms with van der Waals surface area (Å²) in [6, 6.07) is 7.63. The Labute approximate surface area is 96.9 Å². The number of amides is 1. The van der Waals surface area contributed by atoms with Crippen molar-refractivity contribution in [2.24, 2.45) is 0 Å². The van der Waals surface area contributed by atoms with Gasteiger partial charge in [0.15, 0.2) is 5.13 Å². The predicted octanol–water partition coefficient (Wildman–Crippen LogP) is 2.01. The van der Waals surface area contributed by atoms with Crippen LogP contribution in [0.5, 0.6) is 0 Å². The lowest BCUT2D eigenvalue weighted by molar-refractivity contribution is -0.130. The van der Waals surface area contributed by atoms with Gasteiger partial charge in [0.25, 0.3) is 5.91 Å². The van der Waals surface area contributed by atoms with Gasteiger partial charge in [0, 0.05) is 0 Å². The second-order valence-electron chi connectivity index (χ2n) is 4.00. The first kappa shape index (κ1) is 11.0. The van der Waals surface area contributed by atoms with E-state index in [1.807, 2.05) is 24.3 Å². The SMILES string of the molecule is CC(C)(O)C(=O)Nc1nc2ccccc2s1. The minimum atomic E-state index is -1.39. The number of para-hydroxylation sites is 1. The number of aromatic nitrogens is 1. The zero-order valence-corrected chi connectivity index (χ0v) is 9.84. The van der Waals surface area contributed by atoms with Gasteiger partial charge < -0.3 is 5.11 Å². The summed E-state index contributed by atoms with van der Waals surface area (Å²) in [4.78, 5) is 15.8. The summed E-state index contributed by atoms with van der Waals surface area (Å²) in [6.07, 6.45) is 0. The lowest BCUT2D eigenvalue weighted by Crippen LogP contribution is -2.36. The molecule has 0 spiro atoms. The average Bonchev–Trinajstić information content (AvgIpc) is 2.58. The average molecular weight is 236 g/mol. The molecule has 1 aromatic heterocycles. The summed E-state index contributed by atoms with van der Waals surface area (Å²) in [7, 11) is 0. The van der Waals surface area contributed by atoms with E-state index in [0.29, 0.717) is 5.13 Å². The quantitative estimate of drug-likeness (QED) is 0.838. The van der Waals surface area contributed by atoms with Gasteiger partial charge in [0.2, 0.25) is 0 Å². The third-order valence-corrected chi connectivity index (χ3v) is 3.02. The van der Waals surface area contributed by atoms with E-state index < -0.39 is 11.5 Å². The zero-order valence-electron chi connectivity index (χ0n) is 9.02. The highest BCUT2D eigenvalue weighted by atomic mass is 32.1. The maximum atomic E-state index is 11.5. The van der Waals surface area contributed by atoms with E-state index in [4.69, 9.17) is 0 Å². The smallest absolute Gasteiger partial charge is 0.257 e. The lowest BCUT2D eigenvalue weighted by Gasteiger charge is -2.14. The summed E-state index contributed by atoms with van der Waals surface area (Å²) in [5, 5.41) is 12.6. The van der Waals surface area contributed by atoms with Gasteiger partial charge in [-0.15, -0.1) is 0 Å². The molecular formula is C11H12N2O2S.